The first-order chi connectivity index (χ1) is 20.2. The van der Waals surface area contributed by atoms with Gasteiger partial charge in [0, 0.05) is 52.5 Å². The van der Waals surface area contributed by atoms with Crippen LogP contribution in [0.1, 0.15) is 18.4 Å². The molecule has 0 aliphatic carbocycles. The summed E-state index contributed by atoms with van der Waals surface area (Å²) in [4.78, 5) is 45.6. The van der Waals surface area contributed by atoms with E-state index >= 15 is 0 Å². The summed E-state index contributed by atoms with van der Waals surface area (Å²) >= 11 is 6.64. The molecule has 1 atom stereocenters. The number of rotatable bonds is 11. The molecule has 0 bridgehead atoms. The topological polar surface area (TPSA) is 94.7 Å². The Morgan fingerprint density at radius 1 is 1.12 bits per heavy atom. The number of hydrogen-bond acceptors (Lipinski definition) is 7. The summed E-state index contributed by atoms with van der Waals surface area (Å²) in [5, 5.41) is 3.31. The third-order valence-corrected chi connectivity index (χ3v) is 7.59. The second-order valence-corrected chi connectivity index (χ2v) is 11.2. The number of hydrogen-bond donors (Lipinski definition) is 1. The van der Waals surface area contributed by atoms with Crippen molar-refractivity contribution in [2.75, 3.05) is 70.3 Å². The third-order valence-electron chi connectivity index (χ3n) is 7.28. The largest absolute Gasteiger partial charge is 0.445 e. The molecule has 2 aliphatic heterocycles. The first-order valence-corrected chi connectivity index (χ1v) is 14.6. The van der Waals surface area contributed by atoms with Crippen molar-refractivity contribution < 1.29 is 23.9 Å². The predicted molar refractivity (Wildman–Crippen MR) is 164 cm³/mol. The average Bonchev–Trinajstić information content (AvgIpc) is 2.95. The van der Waals surface area contributed by atoms with Crippen LogP contribution in [-0.4, -0.2) is 100 Å². The van der Waals surface area contributed by atoms with E-state index in [9.17, 15) is 14.4 Å². The van der Waals surface area contributed by atoms with Gasteiger partial charge in [-0.2, -0.15) is 0 Å². The van der Waals surface area contributed by atoms with Crippen LogP contribution in [0.15, 0.2) is 60.7 Å². The standard InChI is InChI=1S/C31H40ClN5O5/c1-34(2)16-8-14-28(38)37-20-24(21-37)41-19-9-17-36-18-15-26(33-31(40)42-22-23-10-5-4-6-11-23)30(39)35(3)27-13-7-12-25(32)29(27)36/h4-8,10-14,24,26H,9,15-22H2,1-3H3,(H,33,40)/b14-8+/t26-/m0/s1. The Morgan fingerprint density at radius 2 is 1.88 bits per heavy atom. The van der Waals surface area contributed by atoms with Gasteiger partial charge in [0.1, 0.15) is 12.6 Å². The Hall–Kier alpha value is -3.60. The fraction of sp³-hybridized carbons (Fsp3) is 0.452. The zero-order valence-electron chi connectivity index (χ0n) is 24.5. The van der Waals surface area contributed by atoms with Crippen LogP contribution >= 0.6 is 11.6 Å². The normalized spacial score (nSPS) is 17.6. The van der Waals surface area contributed by atoms with Gasteiger partial charge in [-0.3, -0.25) is 9.59 Å². The van der Waals surface area contributed by atoms with Gasteiger partial charge < -0.3 is 34.4 Å². The van der Waals surface area contributed by atoms with Crippen molar-refractivity contribution in [2.24, 2.45) is 0 Å². The smallest absolute Gasteiger partial charge is 0.408 e. The maximum atomic E-state index is 13.4. The van der Waals surface area contributed by atoms with E-state index < -0.39 is 12.1 Å². The summed E-state index contributed by atoms with van der Waals surface area (Å²) in [6.45, 7) is 3.70. The van der Waals surface area contributed by atoms with Crippen LogP contribution in [-0.2, 0) is 25.7 Å². The molecule has 2 aromatic rings. The fourth-order valence-electron chi connectivity index (χ4n) is 4.92. The number of amides is 3. The van der Waals surface area contributed by atoms with Gasteiger partial charge in [-0.25, -0.2) is 4.79 Å². The van der Waals surface area contributed by atoms with Crippen molar-refractivity contribution in [1.29, 1.82) is 0 Å². The molecule has 0 unspecified atom stereocenters. The maximum absolute atomic E-state index is 13.4. The lowest BCUT2D eigenvalue weighted by Gasteiger charge is -2.38. The zero-order chi connectivity index (χ0) is 30.1. The summed E-state index contributed by atoms with van der Waals surface area (Å²) in [6.07, 6.45) is 3.98. The van der Waals surface area contributed by atoms with Gasteiger partial charge in [-0.05, 0) is 44.6 Å². The van der Waals surface area contributed by atoms with Crippen molar-refractivity contribution >= 4 is 40.9 Å². The van der Waals surface area contributed by atoms with E-state index in [4.69, 9.17) is 21.1 Å². The number of nitrogens with zero attached hydrogens (tertiary/aromatic N) is 4. The number of likely N-dealkylation sites (tertiary alicyclic amines) is 1. The van der Waals surface area contributed by atoms with Crippen molar-refractivity contribution in [2.45, 2.75) is 31.6 Å². The molecule has 0 saturated carbocycles. The number of benzene rings is 2. The quantitative estimate of drug-likeness (QED) is 0.313. The number of nitrogens with one attached hydrogen (secondary N) is 1. The van der Waals surface area contributed by atoms with Crippen molar-refractivity contribution in [3.63, 3.8) is 0 Å². The minimum Gasteiger partial charge on any atom is -0.445 e. The Balaban J connectivity index is 1.30. The fourth-order valence-corrected chi connectivity index (χ4v) is 5.21. The van der Waals surface area contributed by atoms with E-state index in [0.29, 0.717) is 49.9 Å². The van der Waals surface area contributed by atoms with Crippen LogP contribution in [0.5, 0.6) is 0 Å². The van der Waals surface area contributed by atoms with E-state index in [2.05, 4.69) is 10.2 Å². The molecule has 11 heteroatoms. The highest BCUT2D eigenvalue weighted by Crippen LogP contribution is 2.38. The Morgan fingerprint density at radius 3 is 2.62 bits per heavy atom. The Kier molecular flexibility index (Phi) is 11.2. The van der Waals surface area contributed by atoms with Crippen LogP contribution in [0.2, 0.25) is 5.02 Å². The number of likely N-dealkylation sites (N-methyl/N-ethyl adjacent to an activating group) is 2. The molecule has 2 aliphatic rings. The van der Waals surface area contributed by atoms with Gasteiger partial charge in [-0.1, -0.05) is 54.1 Å². The van der Waals surface area contributed by atoms with Crippen molar-refractivity contribution in [1.82, 2.24) is 15.1 Å². The molecule has 42 heavy (non-hydrogen) atoms. The number of ether oxygens (including phenoxy) is 2. The van der Waals surface area contributed by atoms with Gasteiger partial charge in [0.25, 0.3) is 0 Å². The first kappa shape index (κ1) is 31.3. The molecule has 2 aromatic carbocycles. The lowest BCUT2D eigenvalue weighted by Crippen LogP contribution is -2.54. The molecule has 0 radical (unpaired) electrons. The molecule has 226 valence electrons. The number of anilines is 2. The van der Waals surface area contributed by atoms with Crippen LogP contribution < -0.4 is 15.1 Å². The monoisotopic (exact) mass is 597 g/mol. The molecular weight excluding hydrogens is 558 g/mol. The number of alkyl carbamates (subject to hydrolysis) is 1. The predicted octanol–water partition coefficient (Wildman–Crippen LogP) is 3.54. The molecule has 3 amide bonds. The number of halogens is 1. The summed E-state index contributed by atoms with van der Waals surface area (Å²) in [6, 6.07) is 14.1. The first-order valence-electron chi connectivity index (χ1n) is 14.2. The molecule has 2 heterocycles. The van der Waals surface area contributed by atoms with E-state index in [-0.39, 0.29) is 24.5 Å². The number of para-hydroxylation sites is 1. The summed E-state index contributed by atoms with van der Waals surface area (Å²) < 4.78 is 11.4. The number of carbonyl (C=O) groups is 3. The highest BCUT2D eigenvalue weighted by Gasteiger charge is 2.32. The molecule has 1 saturated heterocycles. The molecule has 1 N–H and O–H groups in total. The van der Waals surface area contributed by atoms with Crippen molar-refractivity contribution in [3.8, 4) is 0 Å². The lowest BCUT2D eigenvalue weighted by molar-refractivity contribution is -0.139. The average molecular weight is 598 g/mol. The van der Waals surface area contributed by atoms with Gasteiger partial charge >= 0.3 is 6.09 Å². The van der Waals surface area contributed by atoms with Crippen LogP contribution in [0.4, 0.5) is 16.2 Å². The van der Waals surface area contributed by atoms with Gasteiger partial charge in [0.05, 0.1) is 22.5 Å². The van der Waals surface area contributed by atoms with Crippen LogP contribution in [0.25, 0.3) is 0 Å². The molecular formula is C31H40ClN5O5. The van der Waals surface area contributed by atoms with E-state index in [1.807, 2.05) is 73.6 Å². The van der Waals surface area contributed by atoms with E-state index in [1.165, 1.54) is 0 Å². The Bertz CT molecular complexity index is 1250. The molecule has 0 aromatic heterocycles. The molecule has 4 rings (SSSR count). The maximum Gasteiger partial charge on any atom is 0.408 e. The highest BCUT2D eigenvalue weighted by molar-refractivity contribution is 6.34. The minimum absolute atomic E-state index is 0.00867. The zero-order valence-corrected chi connectivity index (χ0v) is 25.3. The van der Waals surface area contributed by atoms with Gasteiger partial charge in [-0.15, -0.1) is 0 Å². The Labute approximate surface area is 252 Å². The van der Waals surface area contributed by atoms with Crippen molar-refractivity contribution in [3.05, 3.63) is 71.3 Å². The second-order valence-electron chi connectivity index (χ2n) is 10.8. The third kappa shape index (κ3) is 8.47. The SMILES string of the molecule is CN(C)C/C=C/C(=O)N1CC(OCCCN2CC[C@H](NC(=O)OCc3ccccc3)C(=O)N(C)c3cccc(Cl)c32)C1. The summed E-state index contributed by atoms with van der Waals surface area (Å²) in [5.74, 6) is -0.229. The summed E-state index contributed by atoms with van der Waals surface area (Å²) in [5.41, 5.74) is 2.32. The second kappa shape index (κ2) is 15.0. The molecule has 0 spiro atoms. The molecule has 10 nitrogen and oxygen atoms in total. The van der Waals surface area contributed by atoms with Gasteiger partial charge in [0.15, 0.2) is 0 Å². The van der Waals surface area contributed by atoms with Crippen LogP contribution in [0.3, 0.4) is 0 Å². The minimum atomic E-state index is -0.755. The lowest BCUT2D eigenvalue weighted by atomic mass is 10.1. The van der Waals surface area contributed by atoms with E-state index in [1.54, 1.807) is 22.9 Å². The summed E-state index contributed by atoms with van der Waals surface area (Å²) in [7, 11) is 5.60. The van der Waals surface area contributed by atoms with E-state index in [0.717, 1.165) is 24.2 Å². The van der Waals surface area contributed by atoms with Gasteiger partial charge in [0.2, 0.25) is 11.8 Å². The highest BCUT2D eigenvalue weighted by atomic mass is 35.5. The number of carbonyl (C=O) groups excluding carboxylic acids is 3. The molecule has 1 fully saturated rings. The number of fused-ring (bicyclic) bond motifs is 1. The van der Waals surface area contributed by atoms with Crippen LogP contribution in [0, 0.1) is 0 Å².